The van der Waals surface area contributed by atoms with E-state index in [9.17, 15) is 14.4 Å². The van der Waals surface area contributed by atoms with E-state index in [2.05, 4.69) is 27.8 Å². The van der Waals surface area contributed by atoms with Gasteiger partial charge in [0.05, 0.1) is 26.4 Å². The molecule has 1 aliphatic rings. The molecule has 36 heavy (non-hydrogen) atoms. The normalized spacial score (nSPS) is 13.6. The van der Waals surface area contributed by atoms with E-state index in [1.54, 1.807) is 24.3 Å². The summed E-state index contributed by atoms with van der Waals surface area (Å²) in [5.74, 6) is 0.0362. The predicted molar refractivity (Wildman–Crippen MR) is 138 cm³/mol. The van der Waals surface area contributed by atoms with Gasteiger partial charge in [0.25, 0.3) is 5.91 Å². The molecule has 0 unspecified atom stereocenters. The molecule has 1 fully saturated rings. The number of hydrogen-bond donors (Lipinski definition) is 3. The fraction of sp³-hybridized carbons (Fsp3) is 0.444. The third-order valence-electron chi connectivity index (χ3n) is 5.75. The zero-order valence-electron chi connectivity index (χ0n) is 20.9. The third kappa shape index (κ3) is 9.67. The number of carbonyl (C=O) groups is 3. The van der Waals surface area contributed by atoms with E-state index in [-0.39, 0.29) is 30.8 Å². The Morgan fingerprint density at radius 3 is 2.53 bits per heavy atom. The van der Waals surface area contributed by atoms with Gasteiger partial charge in [-0.3, -0.25) is 19.3 Å². The van der Waals surface area contributed by atoms with E-state index in [0.717, 1.165) is 31.5 Å². The van der Waals surface area contributed by atoms with Crippen LogP contribution in [-0.2, 0) is 20.9 Å². The van der Waals surface area contributed by atoms with Crippen molar-refractivity contribution >= 4 is 23.4 Å². The van der Waals surface area contributed by atoms with Crippen molar-refractivity contribution in [1.82, 2.24) is 15.5 Å². The SMILES string of the molecule is CCCCOc1ccc(C(=O)NCC(=O)NCc2cccc(NC(=O)CCN3CCOCC3)c2)cc1. The molecule has 0 atom stereocenters. The highest BCUT2D eigenvalue weighted by molar-refractivity contribution is 5.96. The van der Waals surface area contributed by atoms with E-state index in [1.165, 1.54) is 0 Å². The van der Waals surface area contributed by atoms with Crippen LogP contribution in [0.5, 0.6) is 5.75 Å². The Balaban J connectivity index is 1.36. The molecular weight excluding hydrogens is 460 g/mol. The van der Waals surface area contributed by atoms with Gasteiger partial charge in [-0.15, -0.1) is 0 Å². The number of rotatable bonds is 13. The molecule has 9 heteroatoms. The van der Waals surface area contributed by atoms with Gasteiger partial charge in [0.15, 0.2) is 0 Å². The van der Waals surface area contributed by atoms with Crippen molar-refractivity contribution in [3.63, 3.8) is 0 Å². The molecule has 2 aromatic carbocycles. The maximum atomic E-state index is 12.3. The number of nitrogens with one attached hydrogen (secondary N) is 3. The molecular formula is C27H36N4O5. The minimum Gasteiger partial charge on any atom is -0.494 e. The zero-order valence-corrected chi connectivity index (χ0v) is 20.9. The molecule has 1 saturated heterocycles. The quantitative estimate of drug-likeness (QED) is 0.368. The second-order valence-electron chi connectivity index (χ2n) is 8.64. The summed E-state index contributed by atoms with van der Waals surface area (Å²) in [6.45, 7) is 6.72. The molecule has 0 aliphatic carbocycles. The lowest BCUT2D eigenvalue weighted by Gasteiger charge is -2.26. The maximum Gasteiger partial charge on any atom is 0.251 e. The van der Waals surface area contributed by atoms with Gasteiger partial charge in [-0.25, -0.2) is 0 Å². The number of ether oxygens (including phenoxy) is 2. The molecule has 0 radical (unpaired) electrons. The summed E-state index contributed by atoms with van der Waals surface area (Å²) in [5.41, 5.74) is 1.99. The van der Waals surface area contributed by atoms with Crippen LogP contribution in [0.2, 0.25) is 0 Å². The first-order valence-corrected chi connectivity index (χ1v) is 12.5. The molecule has 3 N–H and O–H groups in total. The maximum absolute atomic E-state index is 12.3. The van der Waals surface area contributed by atoms with Crippen molar-refractivity contribution in [3.05, 3.63) is 59.7 Å². The van der Waals surface area contributed by atoms with E-state index in [0.29, 0.717) is 49.8 Å². The molecule has 1 aliphatic heterocycles. The Labute approximate surface area is 212 Å². The fourth-order valence-electron chi connectivity index (χ4n) is 3.63. The third-order valence-corrected chi connectivity index (χ3v) is 5.75. The highest BCUT2D eigenvalue weighted by Gasteiger charge is 2.12. The van der Waals surface area contributed by atoms with E-state index in [4.69, 9.17) is 9.47 Å². The summed E-state index contributed by atoms with van der Waals surface area (Å²) in [6.07, 6.45) is 2.45. The molecule has 3 rings (SSSR count). The number of carbonyl (C=O) groups excluding carboxylic acids is 3. The molecule has 1 heterocycles. The van der Waals surface area contributed by atoms with Crippen molar-refractivity contribution in [1.29, 1.82) is 0 Å². The topological polar surface area (TPSA) is 109 Å². The van der Waals surface area contributed by atoms with Crippen LogP contribution in [0.4, 0.5) is 5.69 Å². The molecule has 0 saturated carbocycles. The Kier molecular flexibility index (Phi) is 11.2. The van der Waals surface area contributed by atoms with Crippen LogP contribution >= 0.6 is 0 Å². The van der Waals surface area contributed by atoms with E-state index < -0.39 is 0 Å². The van der Waals surface area contributed by atoms with Crippen LogP contribution in [0, 0.1) is 0 Å². The van der Waals surface area contributed by atoms with Gasteiger partial charge in [0, 0.05) is 43.9 Å². The first-order valence-electron chi connectivity index (χ1n) is 12.5. The van der Waals surface area contributed by atoms with Crippen LogP contribution in [0.1, 0.15) is 42.1 Å². The largest absolute Gasteiger partial charge is 0.494 e. The van der Waals surface area contributed by atoms with Crippen LogP contribution in [0.25, 0.3) is 0 Å². The van der Waals surface area contributed by atoms with Crippen molar-refractivity contribution in [2.45, 2.75) is 32.7 Å². The lowest BCUT2D eigenvalue weighted by molar-refractivity contribution is -0.120. The molecule has 194 valence electrons. The average molecular weight is 497 g/mol. The Morgan fingerprint density at radius 2 is 1.78 bits per heavy atom. The summed E-state index contributed by atoms with van der Waals surface area (Å²) in [5, 5.41) is 8.32. The summed E-state index contributed by atoms with van der Waals surface area (Å²) in [7, 11) is 0. The van der Waals surface area contributed by atoms with Gasteiger partial charge >= 0.3 is 0 Å². The average Bonchev–Trinajstić information content (AvgIpc) is 2.91. The number of nitrogens with zero attached hydrogens (tertiary/aromatic N) is 1. The van der Waals surface area contributed by atoms with Crippen molar-refractivity contribution in [2.75, 3.05) is 51.3 Å². The minimum absolute atomic E-state index is 0.0501. The molecule has 2 aromatic rings. The highest BCUT2D eigenvalue weighted by atomic mass is 16.5. The van der Waals surface area contributed by atoms with Crippen molar-refractivity contribution in [2.24, 2.45) is 0 Å². The van der Waals surface area contributed by atoms with E-state index in [1.807, 2.05) is 24.3 Å². The second-order valence-corrected chi connectivity index (χ2v) is 8.64. The van der Waals surface area contributed by atoms with Crippen LogP contribution in [0.15, 0.2) is 48.5 Å². The second kappa shape index (κ2) is 14.9. The van der Waals surface area contributed by atoms with E-state index >= 15 is 0 Å². The van der Waals surface area contributed by atoms with Gasteiger partial charge in [0.2, 0.25) is 11.8 Å². The minimum atomic E-state index is -0.327. The van der Waals surface area contributed by atoms with Gasteiger partial charge in [-0.05, 0) is 48.4 Å². The number of hydrogen-bond acceptors (Lipinski definition) is 6. The summed E-state index contributed by atoms with van der Waals surface area (Å²) in [4.78, 5) is 39.0. The number of amides is 3. The molecule has 0 spiro atoms. The first kappa shape index (κ1) is 27.2. The van der Waals surface area contributed by atoms with Gasteiger partial charge in [0.1, 0.15) is 5.75 Å². The van der Waals surface area contributed by atoms with Crippen molar-refractivity contribution < 1.29 is 23.9 Å². The molecule has 0 aromatic heterocycles. The summed E-state index contributed by atoms with van der Waals surface area (Å²) in [6, 6.07) is 14.2. The number of morpholine rings is 1. The fourth-order valence-corrected chi connectivity index (χ4v) is 3.63. The summed E-state index contributed by atoms with van der Waals surface area (Å²) >= 11 is 0. The lowest BCUT2D eigenvalue weighted by atomic mass is 10.2. The summed E-state index contributed by atoms with van der Waals surface area (Å²) < 4.78 is 10.9. The molecule has 9 nitrogen and oxygen atoms in total. The standard InChI is InChI=1S/C27H36N4O5/c1-2-3-15-36-24-9-7-22(8-10-24)27(34)29-20-26(33)28-19-21-5-4-6-23(18-21)30-25(32)11-12-31-13-16-35-17-14-31/h4-10,18H,2-3,11-17,19-20H2,1H3,(H,28,33)(H,29,34)(H,30,32). The first-order chi connectivity index (χ1) is 17.5. The Morgan fingerprint density at radius 1 is 1.00 bits per heavy atom. The van der Waals surface area contributed by atoms with Crippen LogP contribution in [-0.4, -0.2) is 68.6 Å². The predicted octanol–water partition coefficient (Wildman–Crippen LogP) is 2.57. The van der Waals surface area contributed by atoms with Crippen LogP contribution in [0.3, 0.4) is 0 Å². The number of unbranched alkanes of at least 4 members (excludes halogenated alkanes) is 1. The van der Waals surface area contributed by atoms with Crippen molar-refractivity contribution in [3.8, 4) is 5.75 Å². The van der Waals surface area contributed by atoms with Gasteiger partial charge < -0.3 is 25.4 Å². The molecule has 0 bridgehead atoms. The van der Waals surface area contributed by atoms with Gasteiger partial charge in [-0.1, -0.05) is 25.5 Å². The Hall–Kier alpha value is -3.43. The van der Waals surface area contributed by atoms with Crippen LogP contribution < -0.4 is 20.7 Å². The number of anilines is 1. The van der Waals surface area contributed by atoms with Gasteiger partial charge in [-0.2, -0.15) is 0 Å². The smallest absolute Gasteiger partial charge is 0.251 e. The Bertz CT molecular complexity index is 990. The lowest BCUT2D eigenvalue weighted by Crippen LogP contribution is -2.38. The zero-order chi connectivity index (χ0) is 25.6. The highest BCUT2D eigenvalue weighted by Crippen LogP contribution is 2.13. The number of benzene rings is 2. The monoisotopic (exact) mass is 496 g/mol. The molecule has 3 amide bonds.